The highest BCUT2D eigenvalue weighted by Crippen LogP contribution is 2.25. The Balaban J connectivity index is 0.00000112. The first-order valence-electron chi connectivity index (χ1n) is 5.82. The van der Waals surface area contributed by atoms with E-state index in [9.17, 15) is 4.79 Å². The molecule has 0 aromatic rings. The molecule has 2 heterocycles. The molecule has 2 rings (SSSR count). The van der Waals surface area contributed by atoms with Gasteiger partial charge in [-0.1, -0.05) is 6.92 Å². The lowest BCUT2D eigenvalue weighted by Crippen LogP contribution is -2.48. The highest BCUT2D eigenvalue weighted by atomic mass is 35.5. The van der Waals surface area contributed by atoms with E-state index in [1.54, 1.807) is 0 Å². The molecular weight excluding hydrogens is 212 g/mol. The zero-order valence-electron chi connectivity index (χ0n) is 9.37. The zero-order valence-corrected chi connectivity index (χ0v) is 10.2. The SMILES string of the molecule is CCCC(=O)N1CCC2CCNC2C1.Cl. The Morgan fingerprint density at radius 2 is 2.27 bits per heavy atom. The number of nitrogens with zero attached hydrogens (tertiary/aromatic N) is 1. The summed E-state index contributed by atoms with van der Waals surface area (Å²) in [5, 5.41) is 3.49. The van der Waals surface area contributed by atoms with Crippen molar-refractivity contribution < 1.29 is 4.79 Å². The van der Waals surface area contributed by atoms with Crippen LogP contribution in [0.15, 0.2) is 0 Å². The molecule has 15 heavy (non-hydrogen) atoms. The molecule has 0 saturated carbocycles. The number of amides is 1. The van der Waals surface area contributed by atoms with Crippen LogP contribution in [0, 0.1) is 5.92 Å². The van der Waals surface area contributed by atoms with Crippen LogP contribution in [0.25, 0.3) is 0 Å². The minimum absolute atomic E-state index is 0. The van der Waals surface area contributed by atoms with Gasteiger partial charge in [0.1, 0.15) is 0 Å². The predicted octanol–water partition coefficient (Wildman–Crippen LogP) is 1.42. The van der Waals surface area contributed by atoms with E-state index < -0.39 is 0 Å². The van der Waals surface area contributed by atoms with Crippen LogP contribution in [-0.2, 0) is 4.79 Å². The summed E-state index contributed by atoms with van der Waals surface area (Å²) in [6, 6.07) is 0.588. The number of likely N-dealkylation sites (tertiary alicyclic amines) is 1. The van der Waals surface area contributed by atoms with E-state index in [1.807, 2.05) is 4.90 Å². The minimum Gasteiger partial charge on any atom is -0.341 e. The van der Waals surface area contributed by atoms with Gasteiger partial charge < -0.3 is 10.2 Å². The van der Waals surface area contributed by atoms with Gasteiger partial charge >= 0.3 is 0 Å². The van der Waals surface area contributed by atoms with Crippen molar-refractivity contribution in [2.75, 3.05) is 19.6 Å². The molecule has 1 amide bonds. The van der Waals surface area contributed by atoms with Crippen molar-refractivity contribution in [2.24, 2.45) is 5.92 Å². The lowest BCUT2D eigenvalue weighted by atomic mass is 9.92. The van der Waals surface area contributed by atoms with Gasteiger partial charge in [-0.05, 0) is 31.7 Å². The summed E-state index contributed by atoms with van der Waals surface area (Å²) in [6.07, 6.45) is 4.20. The van der Waals surface area contributed by atoms with Gasteiger partial charge in [-0.2, -0.15) is 0 Å². The van der Waals surface area contributed by atoms with Crippen LogP contribution >= 0.6 is 12.4 Å². The number of carbonyl (C=O) groups is 1. The quantitative estimate of drug-likeness (QED) is 0.781. The Morgan fingerprint density at radius 1 is 1.47 bits per heavy atom. The largest absolute Gasteiger partial charge is 0.341 e. The van der Waals surface area contributed by atoms with E-state index in [-0.39, 0.29) is 12.4 Å². The first-order chi connectivity index (χ1) is 6.81. The fourth-order valence-corrected chi connectivity index (χ4v) is 2.63. The molecular formula is C11H21ClN2O. The molecule has 4 heteroatoms. The summed E-state index contributed by atoms with van der Waals surface area (Å²) in [6.45, 7) is 5.15. The van der Waals surface area contributed by atoms with Crippen LogP contribution in [0.1, 0.15) is 32.6 Å². The Hall–Kier alpha value is -0.280. The van der Waals surface area contributed by atoms with Crippen LogP contribution in [0.3, 0.4) is 0 Å². The second-order valence-corrected chi connectivity index (χ2v) is 4.49. The molecule has 0 radical (unpaired) electrons. The van der Waals surface area contributed by atoms with E-state index in [1.165, 1.54) is 12.8 Å². The normalized spacial score (nSPS) is 29.5. The van der Waals surface area contributed by atoms with Crippen LogP contribution in [0.4, 0.5) is 0 Å². The lowest BCUT2D eigenvalue weighted by molar-refractivity contribution is -0.132. The fraction of sp³-hybridized carbons (Fsp3) is 0.909. The summed E-state index contributed by atoms with van der Waals surface area (Å²) in [5.74, 6) is 1.18. The van der Waals surface area contributed by atoms with Crippen LogP contribution < -0.4 is 5.32 Å². The van der Waals surface area contributed by atoms with Gasteiger partial charge in [0, 0.05) is 25.6 Å². The van der Waals surface area contributed by atoms with Crippen molar-refractivity contribution >= 4 is 18.3 Å². The predicted molar refractivity (Wildman–Crippen MR) is 63.3 cm³/mol. The maximum absolute atomic E-state index is 11.7. The van der Waals surface area contributed by atoms with E-state index in [0.29, 0.717) is 11.9 Å². The molecule has 3 nitrogen and oxygen atoms in total. The number of fused-ring (bicyclic) bond motifs is 1. The Kier molecular flexibility index (Phi) is 4.87. The number of halogens is 1. The van der Waals surface area contributed by atoms with Crippen molar-refractivity contribution in [1.82, 2.24) is 10.2 Å². The average molecular weight is 233 g/mol. The van der Waals surface area contributed by atoms with Crippen molar-refractivity contribution in [3.8, 4) is 0 Å². The third-order valence-corrected chi connectivity index (χ3v) is 3.49. The van der Waals surface area contributed by atoms with E-state index in [4.69, 9.17) is 0 Å². The molecule has 2 fully saturated rings. The van der Waals surface area contributed by atoms with Crippen molar-refractivity contribution in [1.29, 1.82) is 0 Å². The smallest absolute Gasteiger partial charge is 0.222 e. The summed E-state index contributed by atoms with van der Waals surface area (Å²) in [5.41, 5.74) is 0. The van der Waals surface area contributed by atoms with Crippen LogP contribution in [0.5, 0.6) is 0 Å². The molecule has 0 bridgehead atoms. The fourth-order valence-electron chi connectivity index (χ4n) is 2.63. The number of hydrogen-bond donors (Lipinski definition) is 1. The molecule has 1 N–H and O–H groups in total. The minimum atomic E-state index is 0. The zero-order chi connectivity index (χ0) is 9.97. The second kappa shape index (κ2) is 5.71. The molecule has 0 aromatic heterocycles. The third kappa shape index (κ3) is 2.85. The highest BCUT2D eigenvalue weighted by molar-refractivity contribution is 5.85. The third-order valence-electron chi connectivity index (χ3n) is 3.49. The molecule has 2 aliphatic rings. The van der Waals surface area contributed by atoms with Crippen molar-refractivity contribution in [2.45, 2.75) is 38.6 Å². The Morgan fingerprint density at radius 3 is 3.00 bits per heavy atom. The molecule has 2 atom stereocenters. The first-order valence-corrected chi connectivity index (χ1v) is 5.82. The van der Waals surface area contributed by atoms with Gasteiger partial charge in [0.05, 0.1) is 0 Å². The summed E-state index contributed by atoms with van der Waals surface area (Å²) in [7, 11) is 0. The number of rotatable bonds is 2. The molecule has 2 saturated heterocycles. The first kappa shape index (κ1) is 12.8. The van der Waals surface area contributed by atoms with Crippen LogP contribution in [-0.4, -0.2) is 36.5 Å². The molecule has 0 aliphatic carbocycles. The van der Waals surface area contributed by atoms with E-state index in [0.717, 1.165) is 38.4 Å². The topological polar surface area (TPSA) is 32.3 Å². The molecule has 2 unspecified atom stereocenters. The van der Waals surface area contributed by atoms with Gasteiger partial charge in [-0.25, -0.2) is 0 Å². The molecule has 2 aliphatic heterocycles. The standard InChI is InChI=1S/C11H20N2O.ClH/c1-2-3-11(14)13-7-5-9-4-6-12-10(9)8-13;/h9-10,12H,2-8H2,1H3;1H. The second-order valence-electron chi connectivity index (χ2n) is 4.49. The molecule has 88 valence electrons. The summed E-state index contributed by atoms with van der Waals surface area (Å²) >= 11 is 0. The van der Waals surface area contributed by atoms with Crippen molar-refractivity contribution in [3.05, 3.63) is 0 Å². The van der Waals surface area contributed by atoms with Crippen LogP contribution in [0.2, 0.25) is 0 Å². The van der Waals surface area contributed by atoms with Gasteiger partial charge in [-0.3, -0.25) is 4.79 Å². The van der Waals surface area contributed by atoms with E-state index in [2.05, 4.69) is 12.2 Å². The number of piperidine rings is 1. The lowest BCUT2D eigenvalue weighted by Gasteiger charge is -2.34. The highest BCUT2D eigenvalue weighted by Gasteiger charge is 2.33. The maximum atomic E-state index is 11.7. The van der Waals surface area contributed by atoms with Gasteiger partial charge in [0.15, 0.2) is 0 Å². The number of carbonyl (C=O) groups excluding carboxylic acids is 1. The molecule has 0 aromatic carbocycles. The van der Waals surface area contributed by atoms with Gasteiger partial charge in [-0.15, -0.1) is 12.4 Å². The Labute approximate surface area is 98.0 Å². The monoisotopic (exact) mass is 232 g/mol. The van der Waals surface area contributed by atoms with Gasteiger partial charge in [0.2, 0.25) is 5.91 Å². The summed E-state index contributed by atoms with van der Waals surface area (Å²) < 4.78 is 0. The van der Waals surface area contributed by atoms with Gasteiger partial charge in [0.25, 0.3) is 0 Å². The Bertz CT molecular complexity index is 223. The molecule has 0 spiro atoms. The van der Waals surface area contributed by atoms with E-state index >= 15 is 0 Å². The maximum Gasteiger partial charge on any atom is 0.222 e. The summed E-state index contributed by atoms with van der Waals surface area (Å²) in [4.78, 5) is 13.7. The number of hydrogen-bond acceptors (Lipinski definition) is 2. The average Bonchev–Trinajstić information content (AvgIpc) is 2.64. The number of nitrogens with one attached hydrogen (secondary N) is 1. The van der Waals surface area contributed by atoms with Crippen molar-refractivity contribution in [3.63, 3.8) is 0 Å².